The predicted octanol–water partition coefficient (Wildman–Crippen LogP) is 3.91. The second-order valence-corrected chi connectivity index (χ2v) is 9.15. The number of benzene rings is 2. The van der Waals surface area contributed by atoms with Crippen LogP contribution in [-0.4, -0.2) is 36.6 Å². The average molecular weight is 499 g/mol. The zero-order chi connectivity index (χ0) is 24.9. The smallest absolute Gasteiger partial charge is 0.387 e. The molecule has 5 rings (SSSR count). The van der Waals surface area contributed by atoms with Crippen molar-refractivity contribution >= 4 is 37.7 Å². The summed E-state index contributed by atoms with van der Waals surface area (Å²) in [7, 11) is 1.78. The average Bonchev–Trinajstić information content (AvgIpc) is 3.36. The number of anilines is 1. The van der Waals surface area contributed by atoms with Gasteiger partial charge in [0.25, 0.3) is 5.56 Å². The number of hydrogen-bond donors (Lipinski definition) is 1. The summed E-state index contributed by atoms with van der Waals surface area (Å²) in [6.45, 7) is 0.896. The largest absolute Gasteiger partial charge is 0.435 e. The van der Waals surface area contributed by atoms with E-state index in [0.29, 0.717) is 16.5 Å². The van der Waals surface area contributed by atoms with E-state index in [1.54, 1.807) is 36.1 Å². The minimum atomic E-state index is -2.97. The van der Waals surface area contributed by atoms with Crippen LogP contribution in [0.3, 0.4) is 0 Å². The van der Waals surface area contributed by atoms with Gasteiger partial charge >= 0.3 is 12.3 Å². The van der Waals surface area contributed by atoms with Crippen molar-refractivity contribution in [3.05, 3.63) is 69.5 Å². The molecule has 5 aromatic rings. The van der Waals surface area contributed by atoms with E-state index in [1.165, 1.54) is 28.8 Å². The number of alkyl halides is 2. The number of thiazole rings is 1. The molecule has 0 aliphatic carbocycles. The molecule has 0 amide bonds. The second-order valence-electron chi connectivity index (χ2n) is 8.15. The lowest BCUT2D eigenvalue weighted by Gasteiger charge is -2.12. The Morgan fingerprint density at radius 3 is 2.43 bits per heavy atom. The number of ether oxygens (including phenoxy) is 1. The van der Waals surface area contributed by atoms with E-state index in [-0.39, 0.29) is 22.1 Å². The number of aromatic nitrogens is 5. The van der Waals surface area contributed by atoms with Crippen molar-refractivity contribution in [2.75, 3.05) is 5.32 Å². The van der Waals surface area contributed by atoms with Gasteiger partial charge in [-0.15, -0.1) is 0 Å². The maximum absolute atomic E-state index is 13.7. The highest BCUT2D eigenvalue weighted by atomic mass is 32.1. The molecule has 12 heteroatoms. The first-order valence-electron chi connectivity index (χ1n) is 10.7. The molecule has 0 saturated heterocycles. The zero-order valence-corrected chi connectivity index (χ0v) is 19.7. The summed E-state index contributed by atoms with van der Waals surface area (Å²) in [5, 5.41) is 8.75. The molecular formula is C23H20F2N6O3S. The molecule has 0 bridgehead atoms. The van der Waals surface area contributed by atoms with E-state index < -0.39 is 17.9 Å². The van der Waals surface area contributed by atoms with Gasteiger partial charge in [0.05, 0.1) is 16.9 Å². The molecule has 0 radical (unpaired) electrons. The van der Waals surface area contributed by atoms with Crippen LogP contribution in [-0.2, 0) is 7.05 Å². The first-order chi connectivity index (χ1) is 16.7. The van der Waals surface area contributed by atoms with Crippen LogP contribution in [0, 0.1) is 0 Å². The van der Waals surface area contributed by atoms with Crippen LogP contribution in [0.15, 0.2) is 58.3 Å². The number of nitrogens with one attached hydrogen (secondary N) is 1. The van der Waals surface area contributed by atoms with Crippen LogP contribution in [0.4, 0.5) is 13.9 Å². The Kier molecular flexibility index (Phi) is 5.59. The highest BCUT2D eigenvalue weighted by Gasteiger charge is 2.21. The third-order valence-electron chi connectivity index (χ3n) is 5.19. The lowest BCUT2D eigenvalue weighted by Crippen LogP contribution is -2.38. The topological polar surface area (TPSA) is 96.0 Å². The van der Waals surface area contributed by atoms with Crippen molar-refractivity contribution in [3.63, 3.8) is 0 Å². The number of aryl methyl sites for hydroxylation is 1. The van der Waals surface area contributed by atoms with Crippen LogP contribution in [0.2, 0.25) is 0 Å². The van der Waals surface area contributed by atoms with E-state index in [9.17, 15) is 18.4 Å². The highest BCUT2D eigenvalue weighted by Crippen LogP contribution is 2.26. The Balaban J connectivity index is 1.77. The van der Waals surface area contributed by atoms with Gasteiger partial charge in [-0.25, -0.2) is 18.9 Å². The second kappa shape index (κ2) is 8.62. The summed E-state index contributed by atoms with van der Waals surface area (Å²) in [5.41, 5.74) is 0.474. The number of nitrogens with zero attached hydrogens (tertiary/aromatic N) is 5. The van der Waals surface area contributed by atoms with Gasteiger partial charge in [0.15, 0.2) is 10.8 Å². The molecule has 3 aromatic heterocycles. The maximum atomic E-state index is 13.7. The van der Waals surface area contributed by atoms with Gasteiger partial charge in [0, 0.05) is 24.7 Å². The fraction of sp³-hybridized carbons (Fsp3) is 0.217. The Hall–Kier alpha value is -4.06. The molecule has 3 heterocycles. The molecule has 0 saturated carbocycles. The maximum Gasteiger partial charge on any atom is 0.387 e. The highest BCUT2D eigenvalue weighted by molar-refractivity contribution is 7.22. The molecule has 2 aromatic carbocycles. The first kappa shape index (κ1) is 22.7. The van der Waals surface area contributed by atoms with E-state index in [0.717, 1.165) is 26.8 Å². The summed E-state index contributed by atoms with van der Waals surface area (Å²) in [6, 6.07) is 10.8. The van der Waals surface area contributed by atoms with Gasteiger partial charge in [-0.3, -0.25) is 9.48 Å². The summed E-state index contributed by atoms with van der Waals surface area (Å²) in [6.07, 6.45) is 1.79. The van der Waals surface area contributed by atoms with Gasteiger partial charge < -0.3 is 10.1 Å². The van der Waals surface area contributed by atoms with Crippen molar-refractivity contribution in [1.29, 1.82) is 0 Å². The van der Waals surface area contributed by atoms with Crippen molar-refractivity contribution in [2.45, 2.75) is 26.5 Å². The SMILES string of the molecule is CC(C)Nc1nc2c(s1)c(=O)n(-c1ccc3nn(C)cc3c1)c(=O)n2-c1ccc(OC(F)F)cc1. The third kappa shape index (κ3) is 4.16. The van der Waals surface area contributed by atoms with E-state index in [1.807, 2.05) is 13.8 Å². The van der Waals surface area contributed by atoms with E-state index in [4.69, 9.17) is 0 Å². The Labute approximate surface area is 200 Å². The molecule has 35 heavy (non-hydrogen) atoms. The molecule has 0 atom stereocenters. The third-order valence-corrected chi connectivity index (χ3v) is 6.16. The van der Waals surface area contributed by atoms with Gasteiger partial charge in [-0.05, 0) is 56.3 Å². The number of halogens is 2. The summed E-state index contributed by atoms with van der Waals surface area (Å²) < 4.78 is 33.9. The Morgan fingerprint density at radius 2 is 1.74 bits per heavy atom. The van der Waals surface area contributed by atoms with Crippen LogP contribution in [0.5, 0.6) is 5.75 Å². The quantitative estimate of drug-likeness (QED) is 0.382. The fourth-order valence-corrected chi connectivity index (χ4v) is 4.83. The molecular weight excluding hydrogens is 478 g/mol. The lowest BCUT2D eigenvalue weighted by molar-refractivity contribution is -0.0498. The van der Waals surface area contributed by atoms with Crippen LogP contribution in [0.1, 0.15) is 13.8 Å². The number of hydrogen-bond acceptors (Lipinski definition) is 7. The monoisotopic (exact) mass is 498 g/mol. The molecule has 9 nitrogen and oxygen atoms in total. The molecule has 0 spiro atoms. The van der Waals surface area contributed by atoms with Crippen molar-refractivity contribution < 1.29 is 13.5 Å². The standard InChI is InChI=1S/C23H20F2N6O3S/c1-12(2)26-22-27-19-18(35-22)20(32)31(15-6-9-17-13(10-15)11-29(3)28-17)23(33)30(19)14-4-7-16(8-5-14)34-21(24)25/h4-12,21H,1-3H3,(H,26,27). The predicted molar refractivity (Wildman–Crippen MR) is 130 cm³/mol. The number of rotatable bonds is 6. The van der Waals surface area contributed by atoms with Crippen molar-refractivity contribution in [2.24, 2.45) is 7.05 Å². The minimum Gasteiger partial charge on any atom is -0.435 e. The van der Waals surface area contributed by atoms with Gasteiger partial charge in [-0.2, -0.15) is 13.9 Å². The van der Waals surface area contributed by atoms with Crippen molar-refractivity contribution in [1.82, 2.24) is 23.9 Å². The molecule has 180 valence electrons. The van der Waals surface area contributed by atoms with Crippen molar-refractivity contribution in [3.8, 4) is 17.1 Å². The Morgan fingerprint density at radius 1 is 1.03 bits per heavy atom. The minimum absolute atomic E-state index is 0.0520. The van der Waals surface area contributed by atoms with Crippen LogP contribution >= 0.6 is 11.3 Å². The summed E-state index contributed by atoms with van der Waals surface area (Å²) in [5.74, 6) is -0.0520. The van der Waals surface area contributed by atoms with Gasteiger partial charge in [0.1, 0.15) is 10.4 Å². The summed E-state index contributed by atoms with van der Waals surface area (Å²) >= 11 is 1.14. The zero-order valence-electron chi connectivity index (χ0n) is 18.9. The fourth-order valence-electron chi connectivity index (χ4n) is 3.80. The van der Waals surface area contributed by atoms with Crippen LogP contribution < -0.4 is 21.3 Å². The molecule has 0 aliphatic rings. The number of fused-ring (bicyclic) bond motifs is 2. The Bertz CT molecular complexity index is 1670. The van der Waals surface area contributed by atoms with E-state index >= 15 is 0 Å². The summed E-state index contributed by atoms with van der Waals surface area (Å²) in [4.78, 5) is 31.8. The van der Waals surface area contributed by atoms with E-state index in [2.05, 4.69) is 20.1 Å². The molecule has 0 fully saturated rings. The van der Waals surface area contributed by atoms with Crippen LogP contribution in [0.25, 0.3) is 32.6 Å². The lowest BCUT2D eigenvalue weighted by atomic mass is 10.2. The molecule has 0 unspecified atom stereocenters. The molecule has 1 N–H and O–H groups in total. The van der Waals surface area contributed by atoms with Gasteiger partial charge in [0.2, 0.25) is 0 Å². The normalized spacial score (nSPS) is 11.7. The van der Waals surface area contributed by atoms with Gasteiger partial charge in [-0.1, -0.05) is 11.3 Å². The first-order valence-corrected chi connectivity index (χ1v) is 11.5. The molecule has 0 aliphatic heterocycles.